The number of ketones is 1. The number of phenolic OH excluding ortho intramolecular Hbond substituents is 1. The third kappa shape index (κ3) is 1.92. The van der Waals surface area contributed by atoms with Crippen molar-refractivity contribution in [1.29, 1.82) is 0 Å². The SMILES string of the molecule is C[C@]12CC[C@@H]3c4ccc(O)cc4CC[C@H]3[C@@H]1C[C@@H](I)C2=O. The maximum Gasteiger partial charge on any atom is 0.151 e. The van der Waals surface area contributed by atoms with Crippen LogP contribution in [-0.4, -0.2) is 14.8 Å². The van der Waals surface area contributed by atoms with E-state index in [0.717, 1.165) is 25.7 Å². The van der Waals surface area contributed by atoms with Gasteiger partial charge in [-0.25, -0.2) is 0 Å². The van der Waals surface area contributed by atoms with Crippen molar-refractivity contribution in [2.24, 2.45) is 17.3 Å². The molecular weight excluding hydrogens is 375 g/mol. The van der Waals surface area contributed by atoms with Crippen LogP contribution < -0.4 is 0 Å². The number of alkyl halides is 1. The highest BCUT2D eigenvalue weighted by Gasteiger charge is 2.57. The second-order valence-electron chi connectivity index (χ2n) is 7.32. The van der Waals surface area contributed by atoms with Crippen LogP contribution in [0.25, 0.3) is 0 Å². The standard InChI is InChI=1S/C18H21IO2/c1-18-7-6-13-12-5-3-11(20)8-10(12)2-4-14(13)15(18)9-16(19)17(18)21/h3,5,8,13-16,20H,2,4,6-7,9H2,1H3/t13-,14-,15+,16-,18+/m1/s1. The van der Waals surface area contributed by atoms with Crippen LogP contribution in [0.3, 0.4) is 0 Å². The van der Waals surface area contributed by atoms with Gasteiger partial charge in [0.05, 0.1) is 3.92 Å². The fourth-order valence-electron chi connectivity index (χ4n) is 5.32. The molecule has 0 bridgehead atoms. The van der Waals surface area contributed by atoms with Crippen molar-refractivity contribution in [3.8, 4) is 5.75 Å². The molecule has 0 radical (unpaired) electrons. The van der Waals surface area contributed by atoms with E-state index in [1.807, 2.05) is 12.1 Å². The quantitative estimate of drug-likeness (QED) is 0.527. The van der Waals surface area contributed by atoms with Crippen molar-refractivity contribution in [2.45, 2.75) is 48.9 Å². The summed E-state index contributed by atoms with van der Waals surface area (Å²) in [5.41, 5.74) is 2.70. The Hall–Kier alpha value is -0.580. The number of fused-ring (bicyclic) bond motifs is 5. The molecule has 2 saturated carbocycles. The van der Waals surface area contributed by atoms with Gasteiger partial charge in [0.2, 0.25) is 0 Å². The van der Waals surface area contributed by atoms with E-state index in [4.69, 9.17) is 0 Å². The third-order valence-corrected chi connectivity index (χ3v) is 7.48. The van der Waals surface area contributed by atoms with Crippen LogP contribution in [-0.2, 0) is 11.2 Å². The highest BCUT2D eigenvalue weighted by molar-refractivity contribution is 14.1. The molecule has 4 rings (SSSR count). The van der Waals surface area contributed by atoms with E-state index in [2.05, 4.69) is 35.6 Å². The van der Waals surface area contributed by atoms with Crippen LogP contribution in [0.1, 0.15) is 49.7 Å². The van der Waals surface area contributed by atoms with Gasteiger partial charge >= 0.3 is 0 Å². The van der Waals surface area contributed by atoms with E-state index in [9.17, 15) is 9.90 Å². The lowest BCUT2D eigenvalue weighted by Crippen LogP contribution is -2.42. The minimum absolute atomic E-state index is 0.0680. The van der Waals surface area contributed by atoms with Crippen LogP contribution in [0.5, 0.6) is 5.75 Å². The van der Waals surface area contributed by atoms with E-state index in [0.29, 0.717) is 29.3 Å². The Morgan fingerprint density at radius 3 is 2.95 bits per heavy atom. The van der Waals surface area contributed by atoms with Crippen molar-refractivity contribution in [2.75, 3.05) is 0 Å². The van der Waals surface area contributed by atoms with Gasteiger partial charge in [-0.3, -0.25) is 4.79 Å². The largest absolute Gasteiger partial charge is 0.508 e. The van der Waals surface area contributed by atoms with Gasteiger partial charge in [-0.1, -0.05) is 35.6 Å². The molecule has 3 heteroatoms. The van der Waals surface area contributed by atoms with Gasteiger partial charge in [-0.05, 0) is 73.1 Å². The Labute approximate surface area is 139 Å². The summed E-state index contributed by atoms with van der Waals surface area (Å²) in [7, 11) is 0. The molecule has 2 nitrogen and oxygen atoms in total. The molecule has 21 heavy (non-hydrogen) atoms. The van der Waals surface area contributed by atoms with Crippen LogP contribution in [0.2, 0.25) is 0 Å². The Morgan fingerprint density at radius 2 is 2.14 bits per heavy atom. The number of benzene rings is 1. The summed E-state index contributed by atoms with van der Waals surface area (Å²) >= 11 is 2.36. The van der Waals surface area contributed by atoms with E-state index in [1.54, 1.807) is 0 Å². The highest BCUT2D eigenvalue weighted by Crippen LogP contribution is 2.60. The summed E-state index contributed by atoms with van der Waals surface area (Å²) in [5, 5.41) is 9.70. The number of Topliss-reactive ketones (excluding diaryl/α,β-unsaturated/α-hetero) is 1. The summed E-state index contributed by atoms with van der Waals surface area (Å²) < 4.78 is 0.220. The molecule has 5 atom stereocenters. The van der Waals surface area contributed by atoms with Crippen LogP contribution in [0.15, 0.2) is 18.2 Å². The van der Waals surface area contributed by atoms with Gasteiger partial charge in [0.1, 0.15) is 5.75 Å². The molecule has 0 aliphatic heterocycles. The summed E-state index contributed by atoms with van der Waals surface area (Å²) in [5.74, 6) is 2.71. The number of hydrogen-bond donors (Lipinski definition) is 1. The van der Waals surface area contributed by atoms with Gasteiger partial charge in [0, 0.05) is 5.41 Å². The monoisotopic (exact) mass is 396 g/mol. The zero-order chi connectivity index (χ0) is 14.8. The molecule has 3 aliphatic rings. The fourth-order valence-corrected chi connectivity index (χ4v) is 6.58. The number of aryl methyl sites for hydroxylation is 1. The molecule has 0 spiro atoms. The number of aromatic hydroxyl groups is 1. The van der Waals surface area contributed by atoms with Crippen molar-refractivity contribution in [3.05, 3.63) is 29.3 Å². The van der Waals surface area contributed by atoms with Crippen LogP contribution >= 0.6 is 22.6 Å². The lowest BCUT2D eigenvalue weighted by atomic mass is 9.55. The number of halogens is 1. The first-order valence-corrected chi connectivity index (χ1v) is 9.25. The molecule has 2 fully saturated rings. The number of carbonyl (C=O) groups is 1. The number of hydrogen-bond acceptors (Lipinski definition) is 2. The Morgan fingerprint density at radius 1 is 1.33 bits per heavy atom. The first-order chi connectivity index (χ1) is 10.0. The van der Waals surface area contributed by atoms with Gasteiger partial charge in [0.15, 0.2) is 5.78 Å². The smallest absolute Gasteiger partial charge is 0.151 e. The van der Waals surface area contributed by atoms with Gasteiger partial charge in [-0.15, -0.1) is 0 Å². The van der Waals surface area contributed by atoms with E-state index < -0.39 is 0 Å². The molecule has 3 aliphatic carbocycles. The summed E-state index contributed by atoms with van der Waals surface area (Å²) in [4.78, 5) is 12.6. The number of rotatable bonds is 0. The van der Waals surface area contributed by atoms with Gasteiger partial charge in [0.25, 0.3) is 0 Å². The molecule has 0 aromatic heterocycles. The van der Waals surface area contributed by atoms with E-state index in [1.165, 1.54) is 17.5 Å². The lowest BCUT2D eigenvalue weighted by molar-refractivity contribution is -0.128. The van der Waals surface area contributed by atoms with Gasteiger partial charge in [-0.2, -0.15) is 0 Å². The van der Waals surface area contributed by atoms with Crippen molar-refractivity contribution < 1.29 is 9.90 Å². The predicted molar refractivity (Wildman–Crippen MR) is 90.9 cm³/mol. The molecular formula is C18H21IO2. The third-order valence-electron chi connectivity index (χ3n) is 6.41. The predicted octanol–water partition coefficient (Wildman–Crippen LogP) is 4.23. The van der Waals surface area contributed by atoms with Gasteiger partial charge < -0.3 is 5.11 Å². The topological polar surface area (TPSA) is 37.3 Å². The second kappa shape index (κ2) is 4.71. The zero-order valence-electron chi connectivity index (χ0n) is 12.3. The Bertz CT molecular complexity index is 611. The van der Waals surface area contributed by atoms with Crippen molar-refractivity contribution in [1.82, 2.24) is 0 Å². The minimum Gasteiger partial charge on any atom is -0.508 e. The maximum atomic E-state index is 12.6. The van der Waals surface area contributed by atoms with E-state index >= 15 is 0 Å². The molecule has 0 unspecified atom stereocenters. The average molecular weight is 396 g/mol. The fraction of sp³-hybridized carbons (Fsp3) is 0.611. The Kier molecular flexibility index (Phi) is 3.15. The normalized spacial score (nSPS) is 41.3. The second-order valence-corrected chi connectivity index (χ2v) is 8.83. The summed E-state index contributed by atoms with van der Waals surface area (Å²) in [6.07, 6.45) is 5.47. The summed E-state index contributed by atoms with van der Waals surface area (Å²) in [6.45, 7) is 2.22. The van der Waals surface area contributed by atoms with Crippen LogP contribution in [0.4, 0.5) is 0 Å². The van der Waals surface area contributed by atoms with Crippen molar-refractivity contribution >= 4 is 28.4 Å². The lowest BCUT2D eigenvalue weighted by Gasteiger charge is -2.48. The maximum absolute atomic E-state index is 12.6. The molecule has 1 aromatic rings. The average Bonchev–Trinajstić information content (AvgIpc) is 2.70. The zero-order valence-corrected chi connectivity index (χ0v) is 14.5. The minimum atomic E-state index is -0.0680. The number of carbonyl (C=O) groups excluding carboxylic acids is 1. The van der Waals surface area contributed by atoms with Crippen molar-refractivity contribution in [3.63, 3.8) is 0 Å². The van der Waals surface area contributed by atoms with Crippen LogP contribution in [0, 0.1) is 17.3 Å². The first kappa shape index (κ1) is 14.0. The molecule has 0 amide bonds. The molecule has 1 N–H and O–H groups in total. The highest BCUT2D eigenvalue weighted by atomic mass is 127. The molecule has 112 valence electrons. The summed E-state index contributed by atoms with van der Waals surface area (Å²) in [6, 6.07) is 5.90. The molecule has 0 saturated heterocycles. The molecule has 1 aromatic carbocycles. The molecule has 0 heterocycles. The Balaban J connectivity index is 1.73. The number of phenols is 1. The first-order valence-electron chi connectivity index (χ1n) is 8.01. The van der Waals surface area contributed by atoms with E-state index in [-0.39, 0.29) is 9.34 Å².